The second-order valence-electron chi connectivity index (χ2n) is 7.23. The number of para-hydroxylation sites is 1. The van der Waals surface area contributed by atoms with E-state index in [1.165, 1.54) is 29.3 Å². The number of carbonyl (C=O) groups excluding carboxylic acids is 1. The zero-order chi connectivity index (χ0) is 18.1. The number of methoxy groups -OCH3 is 1. The number of hydrogen-bond acceptors (Lipinski definition) is 4. The summed E-state index contributed by atoms with van der Waals surface area (Å²) in [5, 5.41) is 4.97. The maximum atomic E-state index is 12.3. The molecule has 0 amide bonds. The van der Waals surface area contributed by atoms with Crippen LogP contribution in [-0.4, -0.2) is 31.2 Å². The van der Waals surface area contributed by atoms with Crippen molar-refractivity contribution in [1.82, 2.24) is 10.3 Å². The Morgan fingerprint density at radius 3 is 3.00 bits per heavy atom. The van der Waals surface area contributed by atoms with E-state index in [9.17, 15) is 4.79 Å². The molecular weight excluding hydrogens is 328 g/mol. The van der Waals surface area contributed by atoms with Crippen LogP contribution in [0.3, 0.4) is 0 Å². The minimum absolute atomic E-state index is 0.135. The Hall–Kier alpha value is -2.27. The third-order valence-electron chi connectivity index (χ3n) is 5.89. The highest BCUT2D eigenvalue weighted by Gasteiger charge is 2.36. The Kier molecular flexibility index (Phi) is 4.72. The van der Waals surface area contributed by atoms with E-state index in [0.717, 1.165) is 25.8 Å². The Bertz CT molecular complexity index is 839. The first-order valence-corrected chi connectivity index (χ1v) is 9.45. The van der Waals surface area contributed by atoms with E-state index in [-0.39, 0.29) is 17.9 Å². The molecule has 2 aliphatic heterocycles. The minimum atomic E-state index is -0.277. The van der Waals surface area contributed by atoms with Crippen molar-refractivity contribution in [1.29, 1.82) is 0 Å². The van der Waals surface area contributed by atoms with Gasteiger partial charge >= 0.3 is 5.97 Å². The first kappa shape index (κ1) is 17.2. The largest absolute Gasteiger partial charge is 0.500 e. The van der Waals surface area contributed by atoms with Gasteiger partial charge in [0.2, 0.25) is 0 Å². The van der Waals surface area contributed by atoms with Crippen LogP contribution < -0.4 is 5.32 Å². The molecule has 0 saturated heterocycles. The smallest absolute Gasteiger partial charge is 0.337 e. The SMILES string of the molecule is CCC1COC=C(C(=O)OC)C1CC1NCCc2c1[nH]c1ccccc21. The number of hydrogen-bond donors (Lipinski definition) is 2. The Labute approximate surface area is 153 Å². The Morgan fingerprint density at radius 2 is 2.19 bits per heavy atom. The Morgan fingerprint density at radius 1 is 1.35 bits per heavy atom. The van der Waals surface area contributed by atoms with E-state index < -0.39 is 0 Å². The number of rotatable bonds is 4. The van der Waals surface area contributed by atoms with Crippen molar-refractivity contribution in [2.75, 3.05) is 20.3 Å². The molecule has 2 N–H and O–H groups in total. The standard InChI is InChI=1S/C21H26N2O3/c1-3-13-11-26-12-17(21(24)25-2)16(13)10-19-20-15(8-9-22-19)14-6-4-5-7-18(14)23-20/h4-7,12-13,16,19,22-23H,3,8-11H2,1-2H3. The zero-order valence-corrected chi connectivity index (χ0v) is 15.4. The minimum Gasteiger partial charge on any atom is -0.500 e. The number of H-pyrrole nitrogens is 1. The van der Waals surface area contributed by atoms with E-state index in [4.69, 9.17) is 9.47 Å². The number of benzene rings is 1. The van der Waals surface area contributed by atoms with Crippen LogP contribution >= 0.6 is 0 Å². The number of nitrogens with one attached hydrogen (secondary N) is 2. The summed E-state index contributed by atoms with van der Waals surface area (Å²) in [6.07, 6.45) is 4.48. The van der Waals surface area contributed by atoms with Crippen molar-refractivity contribution < 1.29 is 14.3 Å². The van der Waals surface area contributed by atoms with Gasteiger partial charge in [0.25, 0.3) is 0 Å². The van der Waals surface area contributed by atoms with Crippen LogP contribution in [0.25, 0.3) is 10.9 Å². The highest BCUT2D eigenvalue weighted by Crippen LogP contribution is 2.39. The highest BCUT2D eigenvalue weighted by atomic mass is 16.5. The highest BCUT2D eigenvalue weighted by molar-refractivity contribution is 5.89. The van der Waals surface area contributed by atoms with Crippen molar-refractivity contribution >= 4 is 16.9 Å². The molecule has 5 nitrogen and oxygen atoms in total. The van der Waals surface area contributed by atoms with E-state index in [1.54, 1.807) is 6.26 Å². The van der Waals surface area contributed by atoms with E-state index >= 15 is 0 Å². The lowest BCUT2D eigenvalue weighted by molar-refractivity contribution is -0.137. The maximum Gasteiger partial charge on any atom is 0.337 e. The molecule has 1 aromatic carbocycles. The lowest BCUT2D eigenvalue weighted by Gasteiger charge is -2.35. The summed E-state index contributed by atoms with van der Waals surface area (Å²) < 4.78 is 10.6. The molecule has 3 unspecified atom stereocenters. The molecule has 1 aromatic heterocycles. The number of aromatic nitrogens is 1. The first-order valence-electron chi connectivity index (χ1n) is 9.45. The maximum absolute atomic E-state index is 12.3. The van der Waals surface area contributed by atoms with Crippen LogP contribution in [0, 0.1) is 11.8 Å². The van der Waals surface area contributed by atoms with Crippen LogP contribution in [0.5, 0.6) is 0 Å². The molecular formula is C21H26N2O3. The second-order valence-corrected chi connectivity index (χ2v) is 7.23. The Balaban J connectivity index is 1.67. The second kappa shape index (κ2) is 7.16. The molecule has 3 heterocycles. The van der Waals surface area contributed by atoms with Gasteiger partial charge in [-0.15, -0.1) is 0 Å². The van der Waals surface area contributed by atoms with Crippen LogP contribution in [0.4, 0.5) is 0 Å². The summed E-state index contributed by atoms with van der Waals surface area (Å²) in [6.45, 7) is 3.77. The van der Waals surface area contributed by atoms with Gasteiger partial charge in [0.05, 0.1) is 25.6 Å². The van der Waals surface area contributed by atoms with Gasteiger partial charge in [-0.2, -0.15) is 0 Å². The summed E-state index contributed by atoms with van der Waals surface area (Å²) in [5.41, 5.74) is 4.53. The van der Waals surface area contributed by atoms with Crippen molar-refractivity contribution in [3.05, 3.63) is 47.4 Å². The third-order valence-corrected chi connectivity index (χ3v) is 5.89. The van der Waals surface area contributed by atoms with Gasteiger partial charge in [-0.3, -0.25) is 0 Å². The van der Waals surface area contributed by atoms with Gasteiger partial charge in [-0.1, -0.05) is 25.1 Å². The van der Waals surface area contributed by atoms with Gasteiger partial charge in [0.15, 0.2) is 0 Å². The molecule has 5 heteroatoms. The molecule has 0 bridgehead atoms. The molecule has 0 spiro atoms. The van der Waals surface area contributed by atoms with Crippen molar-refractivity contribution in [2.45, 2.75) is 32.2 Å². The summed E-state index contributed by atoms with van der Waals surface area (Å²) in [6, 6.07) is 8.69. The molecule has 138 valence electrons. The molecule has 4 rings (SSSR count). The van der Waals surface area contributed by atoms with Crippen molar-refractivity contribution in [3.8, 4) is 0 Å². The zero-order valence-electron chi connectivity index (χ0n) is 15.4. The monoisotopic (exact) mass is 354 g/mol. The number of ether oxygens (including phenoxy) is 2. The van der Waals surface area contributed by atoms with E-state index in [1.807, 2.05) is 0 Å². The summed E-state index contributed by atoms with van der Waals surface area (Å²) in [4.78, 5) is 15.9. The number of esters is 1. The topological polar surface area (TPSA) is 63.4 Å². The van der Waals surface area contributed by atoms with Crippen LogP contribution in [0.15, 0.2) is 36.1 Å². The van der Waals surface area contributed by atoms with Crippen molar-refractivity contribution in [2.24, 2.45) is 11.8 Å². The van der Waals surface area contributed by atoms with E-state index in [0.29, 0.717) is 18.1 Å². The van der Waals surface area contributed by atoms with Crippen molar-refractivity contribution in [3.63, 3.8) is 0 Å². The number of carbonyl (C=O) groups is 1. The molecule has 2 aliphatic rings. The summed E-state index contributed by atoms with van der Waals surface area (Å²) in [7, 11) is 1.43. The quantitative estimate of drug-likeness (QED) is 0.825. The molecule has 2 aromatic rings. The molecule has 0 fully saturated rings. The van der Waals surface area contributed by atoms with Crippen LogP contribution in [0.1, 0.15) is 37.1 Å². The predicted octanol–water partition coefficient (Wildman–Crippen LogP) is 3.47. The molecule has 0 aliphatic carbocycles. The van der Waals surface area contributed by atoms with Crippen LogP contribution in [-0.2, 0) is 20.7 Å². The van der Waals surface area contributed by atoms with Gasteiger partial charge in [-0.25, -0.2) is 4.79 Å². The molecule has 26 heavy (non-hydrogen) atoms. The summed E-state index contributed by atoms with van der Waals surface area (Å²) in [5.74, 6) is 0.183. The fraction of sp³-hybridized carbons (Fsp3) is 0.476. The average molecular weight is 354 g/mol. The molecule has 3 atom stereocenters. The normalized spacial score (nSPS) is 25.3. The van der Waals surface area contributed by atoms with E-state index in [2.05, 4.69) is 41.5 Å². The molecule has 0 saturated carbocycles. The first-order chi connectivity index (χ1) is 12.7. The van der Waals surface area contributed by atoms with Crippen LogP contribution in [0.2, 0.25) is 0 Å². The third kappa shape index (κ3) is 2.90. The van der Waals surface area contributed by atoms with Gasteiger partial charge in [0, 0.05) is 34.5 Å². The lowest BCUT2D eigenvalue weighted by atomic mass is 9.78. The number of fused-ring (bicyclic) bond motifs is 3. The fourth-order valence-electron chi connectivity index (χ4n) is 4.47. The average Bonchev–Trinajstić information content (AvgIpc) is 3.07. The molecule has 0 radical (unpaired) electrons. The van der Waals surface area contributed by atoms with Gasteiger partial charge in [-0.05, 0) is 37.4 Å². The lowest BCUT2D eigenvalue weighted by Crippen LogP contribution is -2.36. The predicted molar refractivity (Wildman–Crippen MR) is 101 cm³/mol. The number of aromatic amines is 1. The fourth-order valence-corrected chi connectivity index (χ4v) is 4.47. The van der Waals surface area contributed by atoms with Gasteiger partial charge in [0.1, 0.15) is 0 Å². The summed E-state index contributed by atoms with van der Waals surface area (Å²) >= 11 is 0. The van der Waals surface area contributed by atoms with Gasteiger partial charge < -0.3 is 19.8 Å².